The van der Waals surface area contributed by atoms with E-state index in [1.54, 1.807) is 6.07 Å². The highest BCUT2D eigenvalue weighted by atomic mass is 16.4. The molecule has 1 heterocycles. The van der Waals surface area contributed by atoms with Crippen LogP contribution in [0.4, 0.5) is 0 Å². The van der Waals surface area contributed by atoms with E-state index in [1.165, 1.54) is 10.6 Å². The smallest absolute Gasteiger partial charge is 0.341 e. The molecule has 0 aliphatic carbocycles. The van der Waals surface area contributed by atoms with E-state index in [0.717, 1.165) is 16.7 Å². The van der Waals surface area contributed by atoms with Gasteiger partial charge in [0.15, 0.2) is 0 Å². The van der Waals surface area contributed by atoms with Crippen LogP contribution in [0, 0.1) is 6.92 Å². The first-order chi connectivity index (χ1) is 11.6. The molecule has 1 aromatic heterocycles. The van der Waals surface area contributed by atoms with Crippen molar-refractivity contribution in [3.05, 3.63) is 93.8 Å². The molecule has 4 heteroatoms. The molecule has 0 saturated carbocycles. The lowest BCUT2D eigenvalue weighted by Crippen LogP contribution is -2.27. The molecule has 3 rings (SSSR count). The Labute approximate surface area is 139 Å². The minimum absolute atomic E-state index is 0.221. The van der Waals surface area contributed by atoms with Crippen molar-refractivity contribution >= 4 is 5.97 Å². The standard InChI is InChI=1S/C20H17NO3/c1-14-7-9-16(10-8-14)18-12-11-17(20(23)24)19(22)21(18)13-15-5-3-2-4-6-15/h2-12H,13H2,1H3,(H,23,24). The molecule has 0 saturated heterocycles. The van der Waals surface area contributed by atoms with Crippen LogP contribution in [-0.4, -0.2) is 15.6 Å². The summed E-state index contributed by atoms with van der Waals surface area (Å²) in [5, 5.41) is 9.24. The van der Waals surface area contributed by atoms with E-state index in [0.29, 0.717) is 12.2 Å². The van der Waals surface area contributed by atoms with Crippen LogP contribution >= 0.6 is 0 Å². The Morgan fingerprint density at radius 1 is 0.958 bits per heavy atom. The number of aryl methyl sites for hydroxylation is 1. The SMILES string of the molecule is Cc1ccc(-c2ccc(C(=O)O)c(=O)n2Cc2ccccc2)cc1. The summed E-state index contributed by atoms with van der Waals surface area (Å²) in [4.78, 5) is 24.0. The fraction of sp³-hybridized carbons (Fsp3) is 0.100. The van der Waals surface area contributed by atoms with E-state index in [9.17, 15) is 14.7 Å². The van der Waals surface area contributed by atoms with Crippen LogP contribution in [0.15, 0.2) is 71.5 Å². The van der Waals surface area contributed by atoms with Gasteiger partial charge in [-0.05, 0) is 30.2 Å². The maximum absolute atomic E-state index is 12.7. The minimum Gasteiger partial charge on any atom is -0.477 e. The molecular weight excluding hydrogens is 302 g/mol. The van der Waals surface area contributed by atoms with Gasteiger partial charge in [-0.15, -0.1) is 0 Å². The van der Waals surface area contributed by atoms with E-state index in [2.05, 4.69) is 0 Å². The lowest BCUT2D eigenvalue weighted by atomic mass is 10.1. The molecule has 0 radical (unpaired) electrons. The fourth-order valence-electron chi connectivity index (χ4n) is 2.64. The molecule has 1 N–H and O–H groups in total. The Bertz CT molecular complexity index is 925. The second kappa shape index (κ2) is 6.54. The monoisotopic (exact) mass is 319 g/mol. The van der Waals surface area contributed by atoms with E-state index in [4.69, 9.17) is 0 Å². The molecule has 120 valence electrons. The maximum Gasteiger partial charge on any atom is 0.341 e. The van der Waals surface area contributed by atoms with Crippen molar-refractivity contribution in [2.75, 3.05) is 0 Å². The first kappa shape index (κ1) is 15.7. The molecule has 0 amide bonds. The summed E-state index contributed by atoms with van der Waals surface area (Å²) in [6.45, 7) is 2.32. The van der Waals surface area contributed by atoms with Gasteiger partial charge in [0.2, 0.25) is 0 Å². The van der Waals surface area contributed by atoms with Crippen molar-refractivity contribution in [2.45, 2.75) is 13.5 Å². The third-order valence-corrected chi connectivity index (χ3v) is 3.94. The van der Waals surface area contributed by atoms with Gasteiger partial charge < -0.3 is 9.67 Å². The van der Waals surface area contributed by atoms with Crippen molar-refractivity contribution < 1.29 is 9.90 Å². The number of rotatable bonds is 4. The second-order valence-electron chi connectivity index (χ2n) is 5.68. The highest BCUT2D eigenvalue weighted by Crippen LogP contribution is 2.20. The molecule has 2 aromatic carbocycles. The topological polar surface area (TPSA) is 59.3 Å². The number of hydrogen-bond acceptors (Lipinski definition) is 2. The Morgan fingerprint density at radius 2 is 1.62 bits per heavy atom. The molecule has 0 spiro atoms. The summed E-state index contributed by atoms with van der Waals surface area (Å²) in [5.74, 6) is -1.21. The van der Waals surface area contributed by atoms with Gasteiger partial charge in [0, 0.05) is 0 Å². The average Bonchev–Trinajstić information content (AvgIpc) is 2.58. The predicted octanol–water partition coefficient (Wildman–Crippen LogP) is 3.57. The Kier molecular flexibility index (Phi) is 4.29. The van der Waals surface area contributed by atoms with Crippen molar-refractivity contribution in [1.82, 2.24) is 4.57 Å². The van der Waals surface area contributed by atoms with Gasteiger partial charge in [-0.1, -0.05) is 60.2 Å². The largest absolute Gasteiger partial charge is 0.477 e. The number of nitrogens with zero attached hydrogens (tertiary/aromatic N) is 1. The summed E-state index contributed by atoms with van der Waals surface area (Å²) in [6.07, 6.45) is 0. The number of carbonyl (C=O) groups is 1. The van der Waals surface area contributed by atoms with Crippen LogP contribution in [0.3, 0.4) is 0 Å². The number of carboxylic acid groups (broad SMARTS) is 1. The first-order valence-electron chi connectivity index (χ1n) is 7.64. The van der Waals surface area contributed by atoms with E-state index < -0.39 is 11.5 Å². The van der Waals surface area contributed by atoms with Gasteiger partial charge in [0.25, 0.3) is 5.56 Å². The molecular formula is C20H17NO3. The predicted molar refractivity (Wildman–Crippen MR) is 93.4 cm³/mol. The zero-order valence-electron chi connectivity index (χ0n) is 13.3. The number of benzene rings is 2. The van der Waals surface area contributed by atoms with E-state index in [1.807, 2.05) is 61.5 Å². The molecule has 0 atom stereocenters. The highest BCUT2D eigenvalue weighted by molar-refractivity contribution is 5.87. The number of carboxylic acids is 1. The molecule has 0 fully saturated rings. The third kappa shape index (κ3) is 3.13. The number of aromatic nitrogens is 1. The molecule has 0 aliphatic rings. The Morgan fingerprint density at radius 3 is 2.25 bits per heavy atom. The van der Waals surface area contributed by atoms with Gasteiger partial charge in [-0.3, -0.25) is 4.79 Å². The molecule has 0 aliphatic heterocycles. The summed E-state index contributed by atoms with van der Waals surface area (Å²) in [6, 6.07) is 20.4. The minimum atomic E-state index is -1.21. The van der Waals surface area contributed by atoms with Gasteiger partial charge in [-0.2, -0.15) is 0 Å². The lowest BCUT2D eigenvalue weighted by molar-refractivity contribution is 0.0694. The lowest BCUT2D eigenvalue weighted by Gasteiger charge is -2.14. The average molecular weight is 319 g/mol. The van der Waals surface area contributed by atoms with E-state index in [-0.39, 0.29) is 5.56 Å². The quantitative estimate of drug-likeness (QED) is 0.800. The zero-order valence-corrected chi connectivity index (χ0v) is 13.3. The van der Waals surface area contributed by atoms with Gasteiger partial charge >= 0.3 is 5.97 Å². The zero-order chi connectivity index (χ0) is 17.1. The van der Waals surface area contributed by atoms with Gasteiger partial charge in [-0.25, -0.2) is 4.79 Å². The van der Waals surface area contributed by atoms with Crippen molar-refractivity contribution in [3.8, 4) is 11.3 Å². The number of pyridine rings is 1. The van der Waals surface area contributed by atoms with Crippen LogP contribution in [0.2, 0.25) is 0 Å². The summed E-state index contributed by atoms with van der Waals surface area (Å²) >= 11 is 0. The van der Waals surface area contributed by atoms with Gasteiger partial charge in [0.1, 0.15) is 5.56 Å². The normalized spacial score (nSPS) is 10.5. The first-order valence-corrected chi connectivity index (χ1v) is 7.64. The molecule has 3 aromatic rings. The summed E-state index contributed by atoms with van der Waals surface area (Å²) in [7, 11) is 0. The highest BCUT2D eigenvalue weighted by Gasteiger charge is 2.15. The molecule has 24 heavy (non-hydrogen) atoms. The molecule has 0 bridgehead atoms. The van der Waals surface area contributed by atoms with Crippen LogP contribution in [-0.2, 0) is 6.54 Å². The third-order valence-electron chi connectivity index (χ3n) is 3.94. The Balaban J connectivity index is 2.18. The van der Waals surface area contributed by atoms with Crippen LogP contribution in [0.25, 0.3) is 11.3 Å². The van der Waals surface area contributed by atoms with Crippen molar-refractivity contribution in [1.29, 1.82) is 0 Å². The second-order valence-corrected chi connectivity index (χ2v) is 5.68. The Hall–Kier alpha value is -3.14. The van der Waals surface area contributed by atoms with Crippen LogP contribution in [0.1, 0.15) is 21.5 Å². The van der Waals surface area contributed by atoms with Gasteiger partial charge in [0.05, 0.1) is 12.2 Å². The number of aromatic carboxylic acids is 1. The van der Waals surface area contributed by atoms with Crippen molar-refractivity contribution in [3.63, 3.8) is 0 Å². The fourth-order valence-corrected chi connectivity index (χ4v) is 2.64. The van der Waals surface area contributed by atoms with E-state index >= 15 is 0 Å². The molecule has 4 nitrogen and oxygen atoms in total. The van der Waals surface area contributed by atoms with Crippen LogP contribution < -0.4 is 5.56 Å². The van der Waals surface area contributed by atoms with Crippen LogP contribution in [0.5, 0.6) is 0 Å². The summed E-state index contributed by atoms with van der Waals surface area (Å²) < 4.78 is 1.52. The number of hydrogen-bond donors (Lipinski definition) is 1. The maximum atomic E-state index is 12.7. The summed E-state index contributed by atoms with van der Waals surface area (Å²) in [5.41, 5.74) is 2.93. The van der Waals surface area contributed by atoms with Crippen molar-refractivity contribution in [2.24, 2.45) is 0 Å². The molecule has 0 unspecified atom stereocenters.